The molecule has 106 valence electrons. The van der Waals surface area contributed by atoms with Crippen LogP contribution in [0.4, 0.5) is 0 Å². The van der Waals surface area contributed by atoms with Gasteiger partial charge in [-0.1, -0.05) is 0 Å². The highest BCUT2D eigenvalue weighted by Crippen LogP contribution is 2.42. The molecule has 1 heterocycles. The predicted molar refractivity (Wildman–Crippen MR) is 68.1 cm³/mol. The molecule has 0 amide bonds. The van der Waals surface area contributed by atoms with Crippen molar-refractivity contribution in [3.8, 4) is 12.3 Å². The molecule has 1 rings (SSSR count). The van der Waals surface area contributed by atoms with E-state index in [2.05, 4.69) is 5.92 Å². The number of hydrogen-bond donors (Lipinski definition) is 0. The van der Waals surface area contributed by atoms with Gasteiger partial charge in [0, 0.05) is 12.8 Å². The van der Waals surface area contributed by atoms with E-state index >= 15 is 0 Å². The van der Waals surface area contributed by atoms with E-state index in [0.717, 1.165) is 0 Å². The normalized spacial score (nSPS) is 21.4. The highest BCUT2D eigenvalue weighted by molar-refractivity contribution is 6.00. The van der Waals surface area contributed by atoms with Crippen LogP contribution in [0, 0.1) is 17.8 Å². The van der Waals surface area contributed by atoms with Gasteiger partial charge in [-0.15, -0.1) is 12.3 Å². The van der Waals surface area contributed by atoms with Gasteiger partial charge in [-0.25, -0.2) is 0 Å². The first kappa shape index (κ1) is 15.5. The summed E-state index contributed by atoms with van der Waals surface area (Å²) in [7, 11) is 0. The minimum absolute atomic E-state index is 0.0520. The maximum absolute atomic E-state index is 12.2. The molecule has 0 aliphatic carbocycles. The van der Waals surface area contributed by atoms with Crippen LogP contribution in [0.15, 0.2) is 0 Å². The van der Waals surface area contributed by atoms with Crippen molar-refractivity contribution in [3.05, 3.63) is 0 Å². The Balaban J connectivity index is 3.05. The summed E-state index contributed by atoms with van der Waals surface area (Å²) in [6.07, 6.45) is 5.45. The number of carbonyl (C=O) groups excluding carboxylic acids is 2. The van der Waals surface area contributed by atoms with Gasteiger partial charge in [0.1, 0.15) is 0 Å². The Morgan fingerprint density at radius 3 is 2.11 bits per heavy atom. The third-order valence-corrected chi connectivity index (χ3v) is 3.05. The van der Waals surface area contributed by atoms with E-state index in [1.807, 2.05) is 6.92 Å². The van der Waals surface area contributed by atoms with Crippen LogP contribution in [0.2, 0.25) is 0 Å². The third kappa shape index (κ3) is 3.48. The summed E-state index contributed by atoms with van der Waals surface area (Å²) in [6.45, 7) is 6.05. The summed E-state index contributed by atoms with van der Waals surface area (Å²) in [5, 5.41) is 0. The van der Waals surface area contributed by atoms with E-state index < -0.39 is 23.0 Å². The molecule has 1 aliphatic rings. The minimum atomic E-state index is -1.47. The highest BCUT2D eigenvalue weighted by atomic mass is 16.6. The summed E-state index contributed by atoms with van der Waals surface area (Å²) >= 11 is 0. The molecule has 1 aliphatic heterocycles. The summed E-state index contributed by atoms with van der Waals surface area (Å²) in [5.41, 5.74) is -1.97. The van der Waals surface area contributed by atoms with Gasteiger partial charge in [0.05, 0.1) is 25.4 Å². The standard InChI is InChI=1S/C14H20O5/c1-5-8-14(11(15)17-6-2,12(16)18-7-3)9-13(4)10-19-13/h1H,6-10H2,2-4H3. The number of ether oxygens (including phenoxy) is 3. The first-order chi connectivity index (χ1) is 8.94. The fourth-order valence-electron chi connectivity index (χ4n) is 2.01. The predicted octanol–water partition coefficient (Wildman–Crippen LogP) is 1.30. The second-order valence-electron chi connectivity index (χ2n) is 4.82. The van der Waals surface area contributed by atoms with Crippen molar-refractivity contribution in [2.24, 2.45) is 5.41 Å². The zero-order valence-corrected chi connectivity index (χ0v) is 11.7. The number of rotatable bonds is 7. The van der Waals surface area contributed by atoms with Gasteiger partial charge < -0.3 is 14.2 Å². The second kappa shape index (κ2) is 6.07. The molecule has 1 unspecified atom stereocenters. The fraction of sp³-hybridized carbons (Fsp3) is 0.714. The van der Waals surface area contributed by atoms with E-state index in [0.29, 0.717) is 6.61 Å². The lowest BCUT2D eigenvalue weighted by Gasteiger charge is -2.28. The topological polar surface area (TPSA) is 65.1 Å². The molecule has 1 saturated heterocycles. The van der Waals surface area contributed by atoms with E-state index in [4.69, 9.17) is 20.6 Å². The van der Waals surface area contributed by atoms with Crippen molar-refractivity contribution in [1.82, 2.24) is 0 Å². The SMILES string of the molecule is C#CCC(CC1(C)CO1)(C(=O)OCC)C(=O)OCC. The molecule has 5 nitrogen and oxygen atoms in total. The zero-order chi connectivity index (χ0) is 14.5. The molecule has 0 bridgehead atoms. The van der Waals surface area contributed by atoms with E-state index in [9.17, 15) is 9.59 Å². The van der Waals surface area contributed by atoms with Crippen LogP contribution in [0.5, 0.6) is 0 Å². The van der Waals surface area contributed by atoms with Crippen LogP contribution in [0.25, 0.3) is 0 Å². The average Bonchev–Trinajstić information content (AvgIpc) is 3.07. The van der Waals surface area contributed by atoms with Gasteiger partial charge in [0.15, 0.2) is 5.41 Å². The van der Waals surface area contributed by atoms with Gasteiger partial charge >= 0.3 is 11.9 Å². The maximum atomic E-state index is 12.2. The van der Waals surface area contributed by atoms with Gasteiger partial charge in [0.2, 0.25) is 0 Å². The van der Waals surface area contributed by atoms with Gasteiger partial charge in [-0.05, 0) is 20.8 Å². The highest BCUT2D eigenvalue weighted by Gasteiger charge is 2.56. The number of hydrogen-bond acceptors (Lipinski definition) is 5. The molecule has 0 radical (unpaired) electrons. The van der Waals surface area contributed by atoms with Crippen molar-refractivity contribution in [3.63, 3.8) is 0 Å². The second-order valence-corrected chi connectivity index (χ2v) is 4.82. The number of terminal acetylenes is 1. The molecule has 1 fully saturated rings. The molecule has 0 spiro atoms. The third-order valence-electron chi connectivity index (χ3n) is 3.05. The molecule has 0 saturated carbocycles. The molecule has 19 heavy (non-hydrogen) atoms. The molecule has 0 N–H and O–H groups in total. The molecule has 5 heteroatoms. The lowest BCUT2D eigenvalue weighted by Crippen LogP contribution is -2.44. The monoisotopic (exact) mass is 268 g/mol. The lowest BCUT2D eigenvalue weighted by atomic mass is 9.77. The summed E-state index contributed by atoms with van der Waals surface area (Å²) in [4.78, 5) is 24.4. The number of epoxide rings is 1. The van der Waals surface area contributed by atoms with E-state index in [1.54, 1.807) is 13.8 Å². The van der Waals surface area contributed by atoms with Crippen molar-refractivity contribution in [2.75, 3.05) is 19.8 Å². The van der Waals surface area contributed by atoms with Crippen LogP contribution in [-0.2, 0) is 23.8 Å². The fourth-order valence-corrected chi connectivity index (χ4v) is 2.01. The summed E-state index contributed by atoms with van der Waals surface area (Å²) in [5.74, 6) is 1.11. The Morgan fingerprint density at radius 1 is 1.32 bits per heavy atom. The van der Waals surface area contributed by atoms with Crippen molar-refractivity contribution >= 4 is 11.9 Å². The minimum Gasteiger partial charge on any atom is -0.465 e. The van der Waals surface area contributed by atoms with Crippen LogP contribution < -0.4 is 0 Å². The van der Waals surface area contributed by atoms with Gasteiger partial charge in [-0.2, -0.15) is 0 Å². The molecular formula is C14H20O5. The Kier molecular flexibility index (Phi) is 4.96. The smallest absolute Gasteiger partial charge is 0.324 e. The van der Waals surface area contributed by atoms with Gasteiger partial charge in [0.25, 0.3) is 0 Å². The number of carbonyl (C=O) groups is 2. The first-order valence-corrected chi connectivity index (χ1v) is 6.36. The Labute approximate surface area is 113 Å². The van der Waals surface area contributed by atoms with Crippen LogP contribution in [0.1, 0.15) is 33.6 Å². The Morgan fingerprint density at radius 2 is 1.79 bits per heavy atom. The Hall–Kier alpha value is -1.54. The quantitative estimate of drug-likeness (QED) is 0.301. The van der Waals surface area contributed by atoms with Crippen molar-refractivity contribution < 1.29 is 23.8 Å². The lowest BCUT2D eigenvalue weighted by molar-refractivity contribution is -0.173. The summed E-state index contributed by atoms with van der Waals surface area (Å²) < 4.78 is 15.3. The van der Waals surface area contributed by atoms with E-state index in [-0.39, 0.29) is 26.1 Å². The molecule has 0 aromatic rings. The largest absolute Gasteiger partial charge is 0.465 e. The van der Waals surface area contributed by atoms with Crippen molar-refractivity contribution in [2.45, 2.75) is 39.2 Å². The van der Waals surface area contributed by atoms with Gasteiger partial charge in [-0.3, -0.25) is 9.59 Å². The number of esters is 2. The molecular weight excluding hydrogens is 248 g/mol. The summed E-state index contributed by atoms with van der Waals surface area (Å²) in [6, 6.07) is 0. The van der Waals surface area contributed by atoms with Crippen LogP contribution in [0.3, 0.4) is 0 Å². The van der Waals surface area contributed by atoms with Crippen LogP contribution in [-0.4, -0.2) is 37.4 Å². The molecule has 0 aromatic heterocycles. The zero-order valence-electron chi connectivity index (χ0n) is 11.7. The molecule has 1 atom stereocenters. The van der Waals surface area contributed by atoms with E-state index in [1.165, 1.54) is 0 Å². The molecule has 0 aromatic carbocycles. The maximum Gasteiger partial charge on any atom is 0.324 e. The first-order valence-electron chi connectivity index (χ1n) is 6.36. The van der Waals surface area contributed by atoms with Crippen molar-refractivity contribution in [1.29, 1.82) is 0 Å². The average molecular weight is 268 g/mol. The Bertz CT molecular complexity index is 371. The van der Waals surface area contributed by atoms with Crippen LogP contribution >= 0.6 is 0 Å².